The highest BCUT2D eigenvalue weighted by Gasteiger charge is 2.15. The number of nitrogens with one attached hydrogen (secondary N) is 1. The topological polar surface area (TPSA) is 52.9 Å². The minimum Gasteiger partial charge on any atom is -0.336 e. The van der Waals surface area contributed by atoms with Crippen LogP contribution in [0.4, 0.5) is 8.78 Å². The van der Waals surface area contributed by atoms with Gasteiger partial charge in [-0.3, -0.25) is 4.79 Å². The van der Waals surface area contributed by atoms with Crippen LogP contribution in [-0.2, 0) is 11.2 Å². The highest BCUT2D eigenvalue weighted by Crippen LogP contribution is 2.13. The zero-order valence-electron chi connectivity index (χ0n) is 11.0. The van der Waals surface area contributed by atoms with E-state index in [-0.39, 0.29) is 12.0 Å². The Morgan fingerprint density at radius 2 is 1.90 bits per heavy atom. The molecule has 1 atom stereocenters. The molecule has 0 heterocycles. The molecule has 0 aromatic heterocycles. The molecule has 0 bridgehead atoms. The molecule has 0 saturated carbocycles. The molecular formula is C16H12F2N2O. The largest absolute Gasteiger partial charge is 0.336 e. The van der Waals surface area contributed by atoms with Gasteiger partial charge in [0.15, 0.2) is 0 Å². The van der Waals surface area contributed by atoms with Gasteiger partial charge in [-0.05, 0) is 23.8 Å². The monoisotopic (exact) mass is 286 g/mol. The Morgan fingerprint density at radius 3 is 2.57 bits per heavy atom. The third-order valence-electron chi connectivity index (χ3n) is 2.93. The van der Waals surface area contributed by atoms with Crippen LogP contribution in [0.15, 0.2) is 48.5 Å². The van der Waals surface area contributed by atoms with E-state index in [1.165, 1.54) is 0 Å². The van der Waals surface area contributed by atoms with E-state index in [1.54, 1.807) is 30.3 Å². The lowest BCUT2D eigenvalue weighted by atomic mass is 10.1. The first-order valence-electron chi connectivity index (χ1n) is 6.28. The normalized spacial score (nSPS) is 11.5. The van der Waals surface area contributed by atoms with Crippen molar-refractivity contribution >= 4 is 5.91 Å². The van der Waals surface area contributed by atoms with E-state index in [4.69, 9.17) is 5.26 Å². The number of carbonyl (C=O) groups is 1. The van der Waals surface area contributed by atoms with Gasteiger partial charge in [0.2, 0.25) is 5.91 Å². The molecule has 0 radical (unpaired) electrons. The van der Waals surface area contributed by atoms with Crippen molar-refractivity contribution in [3.63, 3.8) is 0 Å². The van der Waals surface area contributed by atoms with Crippen LogP contribution in [0, 0.1) is 23.0 Å². The molecule has 0 aliphatic carbocycles. The molecule has 21 heavy (non-hydrogen) atoms. The molecule has 0 fully saturated rings. The van der Waals surface area contributed by atoms with Crippen molar-refractivity contribution in [3.8, 4) is 6.07 Å². The van der Waals surface area contributed by atoms with Crippen molar-refractivity contribution in [2.45, 2.75) is 12.5 Å². The molecule has 1 N–H and O–H groups in total. The van der Waals surface area contributed by atoms with Crippen LogP contribution >= 0.6 is 0 Å². The minimum atomic E-state index is -0.824. The van der Waals surface area contributed by atoms with Crippen LogP contribution in [0.2, 0.25) is 0 Å². The molecule has 5 heteroatoms. The first kappa shape index (κ1) is 14.7. The highest BCUT2D eigenvalue weighted by molar-refractivity contribution is 5.79. The van der Waals surface area contributed by atoms with Gasteiger partial charge in [0.1, 0.15) is 17.7 Å². The van der Waals surface area contributed by atoms with Gasteiger partial charge in [-0.2, -0.15) is 5.26 Å². The number of hydrogen-bond donors (Lipinski definition) is 1. The Morgan fingerprint density at radius 1 is 1.19 bits per heavy atom. The minimum absolute atomic E-state index is 0.0442. The number of amides is 1. The third-order valence-corrected chi connectivity index (χ3v) is 2.93. The van der Waals surface area contributed by atoms with Gasteiger partial charge in [0, 0.05) is 5.56 Å². The summed E-state index contributed by atoms with van der Waals surface area (Å²) in [7, 11) is 0. The molecule has 1 unspecified atom stereocenters. The van der Waals surface area contributed by atoms with E-state index in [2.05, 4.69) is 5.32 Å². The summed E-state index contributed by atoms with van der Waals surface area (Å²) in [5.41, 5.74) is 0.588. The Labute approximate surface area is 120 Å². The number of nitrogens with zero attached hydrogens (tertiary/aromatic N) is 1. The summed E-state index contributed by atoms with van der Waals surface area (Å²) in [4.78, 5) is 11.9. The molecule has 1 amide bonds. The smallest absolute Gasteiger partial charge is 0.225 e. The molecule has 106 valence electrons. The van der Waals surface area contributed by atoms with E-state index in [0.717, 1.165) is 18.2 Å². The summed E-state index contributed by atoms with van der Waals surface area (Å²) in [6.45, 7) is 0. The number of hydrogen-bond acceptors (Lipinski definition) is 2. The summed E-state index contributed by atoms with van der Waals surface area (Å²) in [5.74, 6) is -1.81. The molecule has 0 aliphatic heterocycles. The maximum absolute atomic E-state index is 13.5. The van der Waals surface area contributed by atoms with E-state index in [0.29, 0.717) is 5.56 Å². The van der Waals surface area contributed by atoms with Crippen LogP contribution < -0.4 is 5.32 Å². The molecule has 0 spiro atoms. The number of benzene rings is 2. The zero-order valence-corrected chi connectivity index (χ0v) is 11.0. The van der Waals surface area contributed by atoms with Gasteiger partial charge in [0.25, 0.3) is 0 Å². The summed E-state index contributed by atoms with van der Waals surface area (Å²) in [5, 5.41) is 11.6. The standard InChI is InChI=1S/C16H12F2N2O/c17-13-6-7-14(18)12(8-13)9-16(21)20-15(10-19)11-4-2-1-3-5-11/h1-8,15H,9H2,(H,20,21). The van der Waals surface area contributed by atoms with Crippen molar-refractivity contribution < 1.29 is 13.6 Å². The van der Waals surface area contributed by atoms with Gasteiger partial charge in [-0.1, -0.05) is 30.3 Å². The average molecular weight is 286 g/mol. The zero-order chi connectivity index (χ0) is 15.2. The van der Waals surface area contributed by atoms with Crippen LogP contribution in [0.25, 0.3) is 0 Å². The molecule has 2 rings (SSSR count). The second-order valence-corrected chi connectivity index (χ2v) is 4.45. The Kier molecular flexibility index (Phi) is 4.62. The van der Waals surface area contributed by atoms with Crippen LogP contribution in [0.1, 0.15) is 17.2 Å². The third kappa shape index (κ3) is 3.86. The molecule has 2 aromatic rings. The number of nitriles is 1. The second kappa shape index (κ2) is 6.62. The fourth-order valence-electron chi connectivity index (χ4n) is 1.90. The molecule has 3 nitrogen and oxygen atoms in total. The highest BCUT2D eigenvalue weighted by atomic mass is 19.1. The first-order valence-corrected chi connectivity index (χ1v) is 6.28. The molecule has 0 saturated heterocycles. The van der Waals surface area contributed by atoms with Gasteiger partial charge < -0.3 is 5.32 Å². The van der Waals surface area contributed by atoms with Gasteiger partial charge in [0.05, 0.1) is 12.5 Å². The van der Waals surface area contributed by atoms with Crippen molar-refractivity contribution in [1.82, 2.24) is 5.32 Å². The van der Waals surface area contributed by atoms with Crippen molar-refractivity contribution in [1.29, 1.82) is 5.26 Å². The Balaban J connectivity index is 2.07. The lowest BCUT2D eigenvalue weighted by Crippen LogP contribution is -2.29. The Hall–Kier alpha value is -2.74. The maximum Gasteiger partial charge on any atom is 0.225 e. The van der Waals surface area contributed by atoms with Crippen LogP contribution in [0.5, 0.6) is 0 Å². The predicted molar refractivity (Wildman–Crippen MR) is 73.0 cm³/mol. The second-order valence-electron chi connectivity index (χ2n) is 4.45. The van der Waals surface area contributed by atoms with Crippen molar-refractivity contribution in [2.24, 2.45) is 0 Å². The van der Waals surface area contributed by atoms with E-state index in [9.17, 15) is 13.6 Å². The van der Waals surface area contributed by atoms with E-state index < -0.39 is 23.6 Å². The van der Waals surface area contributed by atoms with Crippen molar-refractivity contribution in [2.75, 3.05) is 0 Å². The Bertz CT molecular complexity index is 680. The fourth-order valence-corrected chi connectivity index (χ4v) is 1.90. The summed E-state index contributed by atoms with van der Waals surface area (Å²) in [6, 6.07) is 12.8. The summed E-state index contributed by atoms with van der Waals surface area (Å²) in [6.07, 6.45) is -0.325. The molecular weight excluding hydrogens is 274 g/mol. The quantitative estimate of drug-likeness (QED) is 0.939. The van der Waals surface area contributed by atoms with E-state index >= 15 is 0 Å². The van der Waals surface area contributed by atoms with Gasteiger partial charge >= 0.3 is 0 Å². The maximum atomic E-state index is 13.5. The predicted octanol–water partition coefficient (Wildman–Crippen LogP) is 2.89. The number of carbonyl (C=O) groups excluding carboxylic acids is 1. The average Bonchev–Trinajstić information content (AvgIpc) is 2.49. The molecule has 0 aliphatic rings. The summed E-state index contributed by atoms with van der Waals surface area (Å²) >= 11 is 0. The SMILES string of the molecule is N#CC(NC(=O)Cc1cc(F)ccc1F)c1ccccc1. The van der Waals surface area contributed by atoms with E-state index in [1.807, 2.05) is 6.07 Å². The lowest BCUT2D eigenvalue weighted by Gasteiger charge is -2.12. The summed E-state index contributed by atoms with van der Waals surface area (Å²) < 4.78 is 26.5. The van der Waals surface area contributed by atoms with Gasteiger partial charge in [-0.25, -0.2) is 8.78 Å². The first-order chi connectivity index (χ1) is 10.1. The number of rotatable bonds is 4. The molecule has 2 aromatic carbocycles. The lowest BCUT2D eigenvalue weighted by molar-refractivity contribution is -0.120. The van der Waals surface area contributed by atoms with Gasteiger partial charge in [-0.15, -0.1) is 0 Å². The van der Waals surface area contributed by atoms with Crippen LogP contribution in [-0.4, -0.2) is 5.91 Å². The van der Waals surface area contributed by atoms with Crippen LogP contribution in [0.3, 0.4) is 0 Å². The fraction of sp³-hybridized carbons (Fsp3) is 0.125. The van der Waals surface area contributed by atoms with Crippen molar-refractivity contribution in [3.05, 3.63) is 71.3 Å². The number of halogens is 2.